The van der Waals surface area contributed by atoms with Crippen LogP contribution in [-0.4, -0.2) is 50.0 Å². The molecule has 0 radical (unpaired) electrons. The van der Waals surface area contributed by atoms with Crippen LogP contribution in [0.25, 0.3) is 0 Å². The van der Waals surface area contributed by atoms with E-state index in [1.54, 1.807) is 0 Å². The Morgan fingerprint density at radius 2 is 2.39 bits per heavy atom. The van der Waals surface area contributed by atoms with E-state index in [2.05, 4.69) is 40.5 Å². The maximum atomic E-state index is 5.75. The molecule has 0 spiro atoms. The summed E-state index contributed by atoms with van der Waals surface area (Å²) in [6, 6.07) is 4.00. The van der Waals surface area contributed by atoms with Crippen molar-refractivity contribution in [3.8, 4) is 0 Å². The number of ether oxygens (including phenoxy) is 2. The van der Waals surface area contributed by atoms with Gasteiger partial charge in [0.2, 0.25) is 0 Å². The van der Waals surface area contributed by atoms with Gasteiger partial charge in [-0.1, -0.05) is 6.07 Å². The van der Waals surface area contributed by atoms with Gasteiger partial charge < -0.3 is 20.1 Å². The van der Waals surface area contributed by atoms with Crippen molar-refractivity contribution in [1.82, 2.24) is 15.6 Å². The molecule has 2 rings (SSSR count). The van der Waals surface area contributed by atoms with Crippen LogP contribution in [0.4, 0.5) is 0 Å². The van der Waals surface area contributed by atoms with Gasteiger partial charge in [-0.3, -0.25) is 4.98 Å². The summed E-state index contributed by atoms with van der Waals surface area (Å²) in [5, 5.41) is 6.59. The number of aryl methyl sites for hydroxylation is 1. The van der Waals surface area contributed by atoms with Crippen LogP contribution in [0, 0.1) is 6.92 Å². The molecule has 0 aliphatic carbocycles. The highest BCUT2D eigenvalue weighted by Gasteiger charge is 2.15. The average Bonchev–Trinajstić information content (AvgIpc) is 3.07. The van der Waals surface area contributed by atoms with Crippen molar-refractivity contribution in [1.29, 1.82) is 0 Å². The molecule has 0 saturated carbocycles. The van der Waals surface area contributed by atoms with Crippen molar-refractivity contribution < 1.29 is 9.47 Å². The minimum absolute atomic E-state index is 0.282. The molecule has 0 aromatic carbocycles. The van der Waals surface area contributed by atoms with E-state index in [1.807, 2.05) is 12.3 Å². The Bertz CT molecular complexity index is 487. The Kier molecular flexibility index (Phi) is 7.83. The average molecular weight is 320 g/mol. The minimum atomic E-state index is 0.282. The van der Waals surface area contributed by atoms with Gasteiger partial charge in [-0.15, -0.1) is 0 Å². The molecular weight excluding hydrogens is 292 g/mol. The highest BCUT2D eigenvalue weighted by atomic mass is 16.5. The lowest BCUT2D eigenvalue weighted by Crippen LogP contribution is -2.38. The summed E-state index contributed by atoms with van der Waals surface area (Å²) in [5.74, 6) is 0.821. The fraction of sp³-hybridized carbons (Fsp3) is 0.647. The summed E-state index contributed by atoms with van der Waals surface area (Å²) < 4.78 is 11.0. The minimum Gasteiger partial charge on any atom is -0.379 e. The van der Waals surface area contributed by atoms with Crippen LogP contribution in [0.15, 0.2) is 23.3 Å². The predicted molar refractivity (Wildman–Crippen MR) is 91.6 cm³/mol. The molecule has 0 bridgehead atoms. The van der Waals surface area contributed by atoms with Crippen LogP contribution < -0.4 is 10.6 Å². The lowest BCUT2D eigenvalue weighted by atomic mass is 10.2. The Balaban J connectivity index is 1.70. The van der Waals surface area contributed by atoms with Crippen LogP contribution in [0.1, 0.15) is 31.0 Å². The molecule has 1 saturated heterocycles. The molecule has 1 unspecified atom stereocenters. The van der Waals surface area contributed by atoms with Gasteiger partial charge in [0.15, 0.2) is 5.96 Å². The summed E-state index contributed by atoms with van der Waals surface area (Å²) >= 11 is 0. The number of pyridine rings is 1. The van der Waals surface area contributed by atoms with Crippen LogP contribution in [0.3, 0.4) is 0 Å². The molecule has 1 atom stereocenters. The van der Waals surface area contributed by atoms with Crippen molar-refractivity contribution >= 4 is 5.96 Å². The molecule has 2 N–H and O–H groups in total. The first kappa shape index (κ1) is 17.7. The summed E-state index contributed by atoms with van der Waals surface area (Å²) in [6.45, 7) is 8.68. The molecule has 128 valence electrons. The number of guanidine groups is 1. The SMILES string of the molecule is CCNC(=NCc1ncccc1C)NCCCOC1CCOC1. The lowest BCUT2D eigenvalue weighted by Gasteiger charge is -2.13. The van der Waals surface area contributed by atoms with Gasteiger partial charge >= 0.3 is 0 Å². The van der Waals surface area contributed by atoms with E-state index in [9.17, 15) is 0 Å². The van der Waals surface area contributed by atoms with Gasteiger partial charge in [0.1, 0.15) is 0 Å². The fourth-order valence-electron chi connectivity index (χ4n) is 2.35. The first-order chi connectivity index (χ1) is 11.3. The second-order valence-electron chi connectivity index (χ2n) is 5.60. The van der Waals surface area contributed by atoms with Crippen molar-refractivity contribution in [2.45, 2.75) is 39.3 Å². The molecule has 1 aromatic rings. The third kappa shape index (κ3) is 6.54. The summed E-state index contributed by atoms with van der Waals surface area (Å²) in [7, 11) is 0. The first-order valence-corrected chi connectivity index (χ1v) is 8.41. The van der Waals surface area contributed by atoms with Crippen molar-refractivity contribution in [3.63, 3.8) is 0 Å². The largest absolute Gasteiger partial charge is 0.379 e. The maximum Gasteiger partial charge on any atom is 0.191 e. The maximum absolute atomic E-state index is 5.75. The van der Waals surface area contributed by atoms with Gasteiger partial charge in [-0.25, -0.2) is 4.99 Å². The van der Waals surface area contributed by atoms with E-state index < -0.39 is 0 Å². The topological polar surface area (TPSA) is 67.8 Å². The first-order valence-electron chi connectivity index (χ1n) is 8.41. The fourth-order valence-corrected chi connectivity index (χ4v) is 2.35. The highest BCUT2D eigenvalue weighted by molar-refractivity contribution is 5.79. The van der Waals surface area contributed by atoms with Gasteiger partial charge in [0.05, 0.1) is 24.9 Å². The molecule has 6 nitrogen and oxygen atoms in total. The molecule has 2 heterocycles. The quantitative estimate of drug-likeness (QED) is 0.433. The standard InChI is InChI=1S/C17H28N4O2/c1-3-18-17(21-12-16-14(2)6-4-8-19-16)20-9-5-10-23-15-7-11-22-13-15/h4,6,8,15H,3,5,7,9-13H2,1-2H3,(H2,18,20,21). The summed E-state index contributed by atoms with van der Waals surface area (Å²) in [5.41, 5.74) is 2.17. The van der Waals surface area contributed by atoms with E-state index in [0.29, 0.717) is 6.54 Å². The van der Waals surface area contributed by atoms with Crippen molar-refractivity contribution in [3.05, 3.63) is 29.6 Å². The molecule has 1 aliphatic heterocycles. The zero-order chi connectivity index (χ0) is 16.3. The molecular formula is C17H28N4O2. The van der Waals surface area contributed by atoms with E-state index >= 15 is 0 Å². The van der Waals surface area contributed by atoms with Crippen LogP contribution in [-0.2, 0) is 16.0 Å². The lowest BCUT2D eigenvalue weighted by molar-refractivity contribution is 0.0420. The Hall–Kier alpha value is -1.66. The van der Waals surface area contributed by atoms with Gasteiger partial charge in [0, 0.05) is 32.5 Å². The van der Waals surface area contributed by atoms with E-state index in [4.69, 9.17) is 9.47 Å². The zero-order valence-corrected chi connectivity index (χ0v) is 14.2. The monoisotopic (exact) mass is 320 g/mol. The number of aliphatic imine (C=N–C) groups is 1. The van der Waals surface area contributed by atoms with Crippen LogP contribution >= 0.6 is 0 Å². The number of nitrogens with zero attached hydrogens (tertiary/aromatic N) is 2. The van der Waals surface area contributed by atoms with Crippen LogP contribution in [0.5, 0.6) is 0 Å². The van der Waals surface area contributed by atoms with Gasteiger partial charge in [-0.2, -0.15) is 0 Å². The van der Waals surface area contributed by atoms with Crippen molar-refractivity contribution in [2.75, 3.05) is 32.9 Å². The van der Waals surface area contributed by atoms with Gasteiger partial charge in [-0.05, 0) is 38.3 Å². The normalized spacial score (nSPS) is 18.2. The Labute approximate surface area is 138 Å². The van der Waals surface area contributed by atoms with Crippen molar-refractivity contribution in [2.24, 2.45) is 4.99 Å². The molecule has 0 amide bonds. The molecule has 1 aromatic heterocycles. The zero-order valence-electron chi connectivity index (χ0n) is 14.2. The molecule has 6 heteroatoms. The highest BCUT2D eigenvalue weighted by Crippen LogP contribution is 2.08. The summed E-state index contributed by atoms with van der Waals surface area (Å²) in [4.78, 5) is 8.96. The van der Waals surface area contributed by atoms with E-state index in [0.717, 1.165) is 57.4 Å². The molecule has 1 aliphatic rings. The van der Waals surface area contributed by atoms with Gasteiger partial charge in [0.25, 0.3) is 0 Å². The third-order valence-corrected chi connectivity index (χ3v) is 3.70. The van der Waals surface area contributed by atoms with E-state index in [-0.39, 0.29) is 6.10 Å². The number of hydrogen-bond donors (Lipinski definition) is 2. The van der Waals surface area contributed by atoms with E-state index in [1.165, 1.54) is 5.56 Å². The number of nitrogens with one attached hydrogen (secondary N) is 2. The Morgan fingerprint density at radius 3 is 3.13 bits per heavy atom. The second-order valence-corrected chi connectivity index (χ2v) is 5.60. The Morgan fingerprint density at radius 1 is 1.48 bits per heavy atom. The number of hydrogen-bond acceptors (Lipinski definition) is 4. The molecule has 23 heavy (non-hydrogen) atoms. The predicted octanol–water partition coefficient (Wildman–Crippen LogP) is 1.64. The molecule has 1 fully saturated rings. The second kappa shape index (κ2) is 10.2. The number of rotatable bonds is 8. The summed E-state index contributed by atoms with van der Waals surface area (Å²) in [6.07, 6.45) is 4.05. The third-order valence-electron chi connectivity index (χ3n) is 3.70. The number of aromatic nitrogens is 1. The smallest absolute Gasteiger partial charge is 0.191 e. The van der Waals surface area contributed by atoms with Crippen LogP contribution in [0.2, 0.25) is 0 Å².